The molecule has 1 aromatic carbocycles. The summed E-state index contributed by atoms with van der Waals surface area (Å²) in [6, 6.07) is 8.72. The van der Waals surface area contributed by atoms with Crippen LogP contribution in [0.2, 0.25) is 0 Å². The second-order valence-corrected chi connectivity index (χ2v) is 4.58. The molecule has 2 rings (SSSR count). The Balaban J connectivity index is 2.00. The van der Waals surface area contributed by atoms with Gasteiger partial charge < -0.3 is 14.8 Å². The van der Waals surface area contributed by atoms with Gasteiger partial charge in [0.15, 0.2) is 0 Å². The molecule has 94 valence electrons. The Morgan fingerprint density at radius 2 is 2.18 bits per heavy atom. The van der Waals surface area contributed by atoms with E-state index in [0.717, 1.165) is 25.4 Å². The van der Waals surface area contributed by atoms with Crippen LogP contribution in [-0.2, 0) is 4.74 Å². The molecule has 1 N–H and O–H groups in total. The van der Waals surface area contributed by atoms with Gasteiger partial charge in [-0.2, -0.15) is 0 Å². The predicted molar refractivity (Wildman–Crippen MR) is 68.3 cm³/mol. The first kappa shape index (κ1) is 12.4. The Kier molecular flexibility index (Phi) is 4.40. The summed E-state index contributed by atoms with van der Waals surface area (Å²) >= 11 is 0. The Morgan fingerprint density at radius 1 is 1.41 bits per heavy atom. The SMILES string of the molecule is CNC(CC1CCOC1)c1ccc(OC)cc1. The molecule has 0 radical (unpaired) electrons. The van der Waals surface area contributed by atoms with Crippen molar-refractivity contribution in [3.05, 3.63) is 29.8 Å². The fourth-order valence-corrected chi connectivity index (χ4v) is 2.36. The molecule has 0 aliphatic carbocycles. The van der Waals surface area contributed by atoms with Gasteiger partial charge in [-0.1, -0.05) is 12.1 Å². The van der Waals surface area contributed by atoms with Gasteiger partial charge in [-0.15, -0.1) is 0 Å². The van der Waals surface area contributed by atoms with Gasteiger partial charge >= 0.3 is 0 Å². The van der Waals surface area contributed by atoms with Crippen LogP contribution in [0.25, 0.3) is 0 Å². The van der Waals surface area contributed by atoms with E-state index in [1.54, 1.807) is 7.11 Å². The van der Waals surface area contributed by atoms with Crippen LogP contribution in [0.4, 0.5) is 0 Å². The molecule has 1 aliphatic rings. The standard InChI is InChI=1S/C14H21NO2/c1-15-14(9-11-7-8-17-10-11)12-3-5-13(16-2)6-4-12/h3-6,11,14-15H,7-10H2,1-2H3. The molecule has 1 saturated heterocycles. The van der Waals surface area contributed by atoms with E-state index < -0.39 is 0 Å². The highest BCUT2D eigenvalue weighted by Crippen LogP contribution is 2.27. The van der Waals surface area contributed by atoms with Crippen LogP contribution in [0.5, 0.6) is 5.75 Å². The van der Waals surface area contributed by atoms with Gasteiger partial charge in [0, 0.05) is 19.3 Å². The highest BCUT2D eigenvalue weighted by Gasteiger charge is 2.20. The van der Waals surface area contributed by atoms with Crippen molar-refractivity contribution in [3.8, 4) is 5.75 Å². The summed E-state index contributed by atoms with van der Waals surface area (Å²) in [5.41, 5.74) is 1.32. The van der Waals surface area contributed by atoms with Crippen molar-refractivity contribution in [1.82, 2.24) is 5.32 Å². The zero-order valence-corrected chi connectivity index (χ0v) is 10.6. The average Bonchev–Trinajstić information content (AvgIpc) is 2.89. The van der Waals surface area contributed by atoms with Gasteiger partial charge in [0.05, 0.1) is 7.11 Å². The topological polar surface area (TPSA) is 30.5 Å². The first-order chi connectivity index (χ1) is 8.33. The van der Waals surface area contributed by atoms with Crippen LogP contribution in [0.1, 0.15) is 24.4 Å². The van der Waals surface area contributed by atoms with E-state index in [-0.39, 0.29) is 0 Å². The third kappa shape index (κ3) is 3.20. The molecule has 0 saturated carbocycles. The van der Waals surface area contributed by atoms with Crippen LogP contribution in [0.3, 0.4) is 0 Å². The molecular weight excluding hydrogens is 214 g/mol. The lowest BCUT2D eigenvalue weighted by Gasteiger charge is -2.20. The van der Waals surface area contributed by atoms with Crippen LogP contribution >= 0.6 is 0 Å². The number of nitrogens with one attached hydrogen (secondary N) is 1. The van der Waals surface area contributed by atoms with Crippen LogP contribution in [0, 0.1) is 5.92 Å². The second kappa shape index (κ2) is 6.03. The highest BCUT2D eigenvalue weighted by molar-refractivity contribution is 5.29. The van der Waals surface area contributed by atoms with Crippen molar-refractivity contribution in [2.45, 2.75) is 18.9 Å². The lowest BCUT2D eigenvalue weighted by Crippen LogP contribution is -2.20. The average molecular weight is 235 g/mol. The largest absolute Gasteiger partial charge is 0.497 e. The Bertz CT molecular complexity index is 331. The van der Waals surface area contributed by atoms with Crippen LogP contribution < -0.4 is 10.1 Å². The van der Waals surface area contributed by atoms with Crippen molar-refractivity contribution < 1.29 is 9.47 Å². The Hall–Kier alpha value is -1.06. The summed E-state index contributed by atoms with van der Waals surface area (Å²) in [6.45, 7) is 1.83. The molecule has 0 spiro atoms. The monoisotopic (exact) mass is 235 g/mol. The molecule has 3 nitrogen and oxygen atoms in total. The van der Waals surface area contributed by atoms with Gasteiger partial charge in [-0.25, -0.2) is 0 Å². The lowest BCUT2D eigenvalue weighted by molar-refractivity contribution is 0.181. The summed E-state index contributed by atoms with van der Waals surface area (Å²) in [4.78, 5) is 0. The first-order valence-electron chi connectivity index (χ1n) is 6.22. The lowest BCUT2D eigenvalue weighted by atomic mass is 9.94. The van der Waals surface area contributed by atoms with Gasteiger partial charge in [0.1, 0.15) is 5.75 Å². The van der Waals surface area contributed by atoms with Crippen molar-refractivity contribution in [2.75, 3.05) is 27.4 Å². The number of methoxy groups -OCH3 is 1. The molecule has 2 unspecified atom stereocenters. The fourth-order valence-electron chi connectivity index (χ4n) is 2.36. The minimum atomic E-state index is 0.410. The molecule has 17 heavy (non-hydrogen) atoms. The number of hydrogen-bond acceptors (Lipinski definition) is 3. The molecule has 1 fully saturated rings. The van der Waals surface area contributed by atoms with E-state index in [2.05, 4.69) is 17.4 Å². The van der Waals surface area contributed by atoms with E-state index in [1.165, 1.54) is 12.0 Å². The van der Waals surface area contributed by atoms with Crippen LogP contribution in [0.15, 0.2) is 24.3 Å². The van der Waals surface area contributed by atoms with Crippen LogP contribution in [-0.4, -0.2) is 27.4 Å². The number of hydrogen-bond donors (Lipinski definition) is 1. The van der Waals surface area contributed by atoms with E-state index in [1.807, 2.05) is 19.2 Å². The Morgan fingerprint density at radius 3 is 2.71 bits per heavy atom. The van der Waals surface area contributed by atoms with E-state index in [0.29, 0.717) is 12.0 Å². The molecule has 1 aliphatic heterocycles. The molecule has 2 atom stereocenters. The maximum atomic E-state index is 5.43. The number of benzene rings is 1. The summed E-state index contributed by atoms with van der Waals surface area (Å²) < 4.78 is 10.6. The normalized spacial score (nSPS) is 21.4. The first-order valence-corrected chi connectivity index (χ1v) is 6.22. The van der Waals surface area contributed by atoms with Crippen molar-refractivity contribution in [2.24, 2.45) is 5.92 Å². The third-order valence-corrected chi connectivity index (χ3v) is 3.46. The van der Waals surface area contributed by atoms with Gasteiger partial charge in [-0.3, -0.25) is 0 Å². The molecule has 0 aromatic heterocycles. The summed E-state index contributed by atoms with van der Waals surface area (Å²) in [5.74, 6) is 1.60. The van der Waals surface area contributed by atoms with E-state index in [4.69, 9.17) is 9.47 Å². The molecule has 0 bridgehead atoms. The summed E-state index contributed by atoms with van der Waals surface area (Å²) in [6.07, 6.45) is 2.33. The predicted octanol–water partition coefficient (Wildman–Crippen LogP) is 2.38. The quantitative estimate of drug-likeness (QED) is 0.850. The molecule has 1 aromatic rings. The fraction of sp³-hybridized carbons (Fsp3) is 0.571. The molecule has 0 amide bonds. The maximum absolute atomic E-state index is 5.43. The smallest absolute Gasteiger partial charge is 0.118 e. The summed E-state index contributed by atoms with van der Waals surface area (Å²) in [5, 5.41) is 3.39. The number of rotatable bonds is 5. The zero-order chi connectivity index (χ0) is 12.1. The molecule has 3 heteroatoms. The van der Waals surface area contributed by atoms with Gasteiger partial charge in [0.25, 0.3) is 0 Å². The molecular formula is C14H21NO2. The minimum Gasteiger partial charge on any atom is -0.497 e. The highest BCUT2D eigenvalue weighted by atomic mass is 16.5. The third-order valence-electron chi connectivity index (χ3n) is 3.46. The van der Waals surface area contributed by atoms with Gasteiger partial charge in [-0.05, 0) is 43.5 Å². The van der Waals surface area contributed by atoms with E-state index in [9.17, 15) is 0 Å². The Labute approximate surface area is 103 Å². The maximum Gasteiger partial charge on any atom is 0.118 e. The van der Waals surface area contributed by atoms with Crippen molar-refractivity contribution in [1.29, 1.82) is 0 Å². The summed E-state index contributed by atoms with van der Waals surface area (Å²) in [7, 11) is 3.71. The number of ether oxygens (including phenoxy) is 2. The van der Waals surface area contributed by atoms with E-state index >= 15 is 0 Å². The zero-order valence-electron chi connectivity index (χ0n) is 10.6. The van der Waals surface area contributed by atoms with Crippen molar-refractivity contribution in [3.63, 3.8) is 0 Å². The molecule has 1 heterocycles. The van der Waals surface area contributed by atoms with Gasteiger partial charge in [0.2, 0.25) is 0 Å². The minimum absolute atomic E-state index is 0.410. The van der Waals surface area contributed by atoms with Crippen molar-refractivity contribution >= 4 is 0 Å². The second-order valence-electron chi connectivity index (χ2n) is 4.58.